The smallest absolute Gasteiger partial charge is 0.0468 e. The molecule has 0 aliphatic heterocycles. The molecule has 2 atom stereocenters. The molecule has 15 rings (SSSR count). The number of hydrogen-bond acceptors (Lipinski definition) is 2. The topological polar surface area (TPSA) is 6.48 Å². The van der Waals surface area contributed by atoms with Gasteiger partial charge in [0.2, 0.25) is 0 Å². The fourth-order valence-electron chi connectivity index (χ4n) is 14.2. The molecule has 0 spiro atoms. The molecule has 0 saturated heterocycles. The Morgan fingerprint density at radius 2 is 0.707 bits per heavy atom. The fraction of sp³-hybridized carbons (Fsp3) is 0.100. The second kappa shape index (κ2) is 19.5. The van der Waals surface area contributed by atoms with E-state index < -0.39 is 0 Å². The Bertz CT molecular complexity index is 4480. The molecular weight excluding hydrogens is 989 g/mol. The van der Waals surface area contributed by atoms with E-state index in [0.29, 0.717) is 11.8 Å². The van der Waals surface area contributed by atoms with Gasteiger partial charge in [-0.3, -0.25) is 0 Å². The summed E-state index contributed by atoms with van der Waals surface area (Å²) in [6.07, 6.45) is 9.23. The van der Waals surface area contributed by atoms with Crippen molar-refractivity contribution in [3.8, 4) is 55.6 Å². The second-order valence-corrected chi connectivity index (χ2v) is 23.7. The van der Waals surface area contributed by atoms with Crippen LogP contribution < -0.4 is 9.80 Å². The van der Waals surface area contributed by atoms with E-state index in [0.717, 1.165) is 34.1 Å². The maximum Gasteiger partial charge on any atom is 0.0468 e. The van der Waals surface area contributed by atoms with E-state index in [-0.39, 0.29) is 10.8 Å². The van der Waals surface area contributed by atoms with Crippen molar-refractivity contribution in [3.05, 3.63) is 313 Å². The molecule has 0 amide bonds. The molecule has 2 nitrogen and oxygen atoms in total. The van der Waals surface area contributed by atoms with E-state index in [9.17, 15) is 0 Å². The van der Waals surface area contributed by atoms with Crippen LogP contribution in [0.2, 0.25) is 0 Å². The minimum atomic E-state index is -0.0674. The zero-order valence-corrected chi connectivity index (χ0v) is 46.8. The third-order valence-corrected chi connectivity index (χ3v) is 18.3. The van der Waals surface area contributed by atoms with Gasteiger partial charge in [-0.15, -0.1) is 0 Å². The van der Waals surface area contributed by atoms with Crippen molar-refractivity contribution >= 4 is 55.7 Å². The lowest BCUT2D eigenvalue weighted by atomic mass is 9.74. The molecule has 3 aliphatic carbocycles. The second-order valence-electron chi connectivity index (χ2n) is 23.7. The highest BCUT2D eigenvalue weighted by Gasteiger charge is 2.44. The first-order valence-corrected chi connectivity index (χ1v) is 29.0. The Kier molecular flexibility index (Phi) is 11.7. The zero-order valence-electron chi connectivity index (χ0n) is 46.8. The third-order valence-electron chi connectivity index (χ3n) is 18.3. The van der Waals surface area contributed by atoms with Gasteiger partial charge in [-0.05, 0) is 190 Å². The predicted octanol–water partition coefficient (Wildman–Crippen LogP) is 22.0. The molecule has 12 aromatic carbocycles. The lowest BCUT2D eigenvalue weighted by Gasteiger charge is -2.29. The van der Waals surface area contributed by atoms with Gasteiger partial charge in [0.1, 0.15) is 0 Å². The van der Waals surface area contributed by atoms with Crippen molar-refractivity contribution in [2.24, 2.45) is 5.92 Å². The van der Waals surface area contributed by atoms with Crippen LogP contribution in [0.5, 0.6) is 0 Å². The number of benzene rings is 12. The highest BCUT2D eigenvalue weighted by atomic mass is 15.1. The number of allylic oxidation sites excluding steroid dienone is 4. The van der Waals surface area contributed by atoms with Crippen molar-refractivity contribution in [1.82, 2.24) is 0 Å². The van der Waals surface area contributed by atoms with Crippen molar-refractivity contribution in [2.45, 2.75) is 44.4 Å². The molecule has 0 saturated carbocycles. The average molecular weight is 1050 g/mol. The van der Waals surface area contributed by atoms with E-state index in [4.69, 9.17) is 0 Å². The molecule has 12 aromatic rings. The zero-order chi connectivity index (χ0) is 55.1. The van der Waals surface area contributed by atoms with E-state index in [1.165, 1.54) is 99.4 Å². The van der Waals surface area contributed by atoms with E-state index >= 15 is 0 Å². The van der Waals surface area contributed by atoms with Gasteiger partial charge in [-0.1, -0.05) is 240 Å². The molecule has 392 valence electrons. The van der Waals surface area contributed by atoms with Crippen molar-refractivity contribution < 1.29 is 0 Å². The summed E-state index contributed by atoms with van der Waals surface area (Å²) in [5.74, 6) is 0.909. The summed E-state index contributed by atoms with van der Waals surface area (Å²) >= 11 is 0. The van der Waals surface area contributed by atoms with Gasteiger partial charge in [-0.25, -0.2) is 0 Å². The first-order valence-electron chi connectivity index (χ1n) is 29.0. The summed E-state index contributed by atoms with van der Waals surface area (Å²) in [6, 6.07) is 99.3. The van der Waals surface area contributed by atoms with Crippen LogP contribution in [0.4, 0.5) is 34.1 Å². The van der Waals surface area contributed by atoms with E-state index in [1.807, 2.05) is 0 Å². The number of hydrogen-bond donors (Lipinski definition) is 0. The monoisotopic (exact) mass is 1050 g/mol. The predicted molar refractivity (Wildman–Crippen MR) is 348 cm³/mol. The number of nitrogens with zero attached hydrogens (tertiary/aromatic N) is 2. The Morgan fingerprint density at radius 3 is 1.24 bits per heavy atom. The number of fused-ring (bicyclic) bond motifs is 8. The van der Waals surface area contributed by atoms with Gasteiger partial charge in [0, 0.05) is 45.5 Å². The maximum atomic E-state index is 2.46. The van der Waals surface area contributed by atoms with Gasteiger partial charge in [-0.2, -0.15) is 0 Å². The van der Waals surface area contributed by atoms with Crippen molar-refractivity contribution in [1.29, 1.82) is 0 Å². The molecular formula is C80H62N2. The Hall–Kier alpha value is -9.76. The number of anilines is 6. The van der Waals surface area contributed by atoms with Crippen molar-refractivity contribution in [3.63, 3.8) is 0 Å². The standard InChI is InChI=1S/C80H62N2/c1-79(2)73-31-19-17-29-65(73)67-45-37-57(49-75(67)79)53-33-39-61(40-34-53)81(59-25-13-7-14-26-59)63-43-47-69-71(51-63)77(55-21-9-5-10-22-55)70-48-44-64(52-72(70)78(69)56-23-11-6-12-24-56)82(60-27-15-8-16-28-60)62-41-35-54(36-42-62)58-38-46-68-66-30-18-20-32-74(66)80(3,4)76(68)50-58/h5-52,65,73H,1-4H3. The summed E-state index contributed by atoms with van der Waals surface area (Å²) < 4.78 is 0. The quantitative estimate of drug-likeness (QED) is 0.126. The van der Waals surface area contributed by atoms with Crippen molar-refractivity contribution in [2.75, 3.05) is 9.80 Å². The fourth-order valence-corrected chi connectivity index (χ4v) is 14.2. The first kappa shape index (κ1) is 49.3. The summed E-state index contributed by atoms with van der Waals surface area (Å²) in [5, 5.41) is 4.78. The van der Waals surface area contributed by atoms with Gasteiger partial charge in [0.25, 0.3) is 0 Å². The first-order chi connectivity index (χ1) is 40.2. The van der Waals surface area contributed by atoms with Crippen LogP contribution in [0.1, 0.15) is 55.9 Å². The normalized spacial score (nSPS) is 15.9. The van der Waals surface area contributed by atoms with E-state index in [1.54, 1.807) is 0 Å². The molecule has 82 heavy (non-hydrogen) atoms. The molecule has 0 heterocycles. The van der Waals surface area contributed by atoms with Gasteiger partial charge < -0.3 is 9.80 Å². The van der Waals surface area contributed by atoms with Crippen LogP contribution in [-0.4, -0.2) is 0 Å². The Labute approximate surface area is 482 Å². The molecule has 0 aromatic heterocycles. The largest absolute Gasteiger partial charge is 0.310 e. The SMILES string of the molecule is CC1(C)c2ccccc2-c2ccc(-c3ccc(N(c4ccccc4)c4ccc5c(-c6ccccc6)c6cc(N(c7ccccc7)c7ccc(-c8ccc9c(c8)C(C)(C)C8C=CC=CC98)cc7)ccc6c(-c6ccccc6)c5c4)cc3)cc21. The summed E-state index contributed by atoms with van der Waals surface area (Å²) in [6.45, 7) is 9.54. The molecule has 0 N–H and O–H groups in total. The lowest BCUT2D eigenvalue weighted by molar-refractivity contribution is 0.394. The average Bonchev–Trinajstić information content (AvgIpc) is 4.05. The number of para-hydroxylation sites is 2. The van der Waals surface area contributed by atoms with Crippen LogP contribution in [0.25, 0.3) is 77.2 Å². The maximum absolute atomic E-state index is 2.46. The van der Waals surface area contributed by atoms with E-state index in [2.05, 4.69) is 329 Å². The Morgan fingerprint density at radius 1 is 0.293 bits per heavy atom. The van der Waals surface area contributed by atoms with Gasteiger partial charge in [0.05, 0.1) is 0 Å². The minimum Gasteiger partial charge on any atom is -0.310 e. The highest BCUT2D eigenvalue weighted by Crippen LogP contribution is 2.55. The minimum absolute atomic E-state index is 0.0521. The van der Waals surface area contributed by atoms with Gasteiger partial charge in [0.15, 0.2) is 0 Å². The molecule has 0 fully saturated rings. The molecule has 0 radical (unpaired) electrons. The summed E-state index contributed by atoms with van der Waals surface area (Å²) in [7, 11) is 0. The third kappa shape index (κ3) is 8.07. The van der Waals surface area contributed by atoms with Crippen LogP contribution in [0, 0.1) is 5.92 Å². The molecule has 2 heteroatoms. The lowest BCUT2D eigenvalue weighted by Crippen LogP contribution is -2.24. The summed E-state index contributed by atoms with van der Waals surface area (Å²) in [5.41, 5.74) is 24.6. The van der Waals surface area contributed by atoms with Crippen LogP contribution in [-0.2, 0) is 10.8 Å². The highest BCUT2D eigenvalue weighted by molar-refractivity contribution is 6.22. The van der Waals surface area contributed by atoms with Crippen LogP contribution >= 0.6 is 0 Å². The molecule has 0 bridgehead atoms. The molecule has 3 aliphatic rings. The Balaban J connectivity index is 0.863. The number of rotatable bonds is 10. The summed E-state index contributed by atoms with van der Waals surface area (Å²) in [4.78, 5) is 4.82. The van der Waals surface area contributed by atoms with Gasteiger partial charge >= 0.3 is 0 Å². The van der Waals surface area contributed by atoms with Crippen LogP contribution in [0.15, 0.2) is 291 Å². The van der Waals surface area contributed by atoms with Crippen LogP contribution in [0.3, 0.4) is 0 Å². The molecule has 2 unspecified atom stereocenters.